The van der Waals surface area contributed by atoms with Crippen molar-refractivity contribution in [2.45, 2.75) is 19.5 Å². The average molecular weight is 408 g/mol. The maximum absolute atomic E-state index is 12.7. The van der Waals surface area contributed by atoms with Crippen molar-refractivity contribution in [1.82, 2.24) is 0 Å². The molecule has 0 aliphatic carbocycles. The monoisotopic (exact) mass is 408 g/mol. The summed E-state index contributed by atoms with van der Waals surface area (Å²) < 4.78 is 5.17. The first-order valence-electron chi connectivity index (χ1n) is 9.25. The van der Waals surface area contributed by atoms with Crippen LogP contribution in [0.25, 0.3) is 0 Å². The van der Waals surface area contributed by atoms with Crippen molar-refractivity contribution >= 4 is 35.1 Å². The van der Waals surface area contributed by atoms with Gasteiger partial charge < -0.3 is 14.6 Å². The fourth-order valence-electron chi connectivity index (χ4n) is 3.44. The first-order valence-corrected chi connectivity index (χ1v) is 11.1. The maximum atomic E-state index is 12.7. The number of methoxy groups -OCH3 is 1. The lowest BCUT2D eigenvalue weighted by Gasteiger charge is -2.31. The Morgan fingerprint density at radius 1 is 0.759 bits per heavy atom. The predicted octanol–water partition coefficient (Wildman–Crippen LogP) is 2.30. The summed E-state index contributed by atoms with van der Waals surface area (Å²) in [5.74, 6) is -1.26. The van der Waals surface area contributed by atoms with Crippen LogP contribution in [-0.4, -0.2) is 24.7 Å². The highest BCUT2D eigenvalue weighted by atomic mass is 31.2. The van der Waals surface area contributed by atoms with Gasteiger partial charge in [0.2, 0.25) is 0 Å². The molecule has 0 saturated heterocycles. The molecule has 4 nitrogen and oxygen atoms in total. The number of hydrogen-bond donors (Lipinski definition) is 0. The minimum absolute atomic E-state index is 0.176. The van der Waals surface area contributed by atoms with Crippen LogP contribution in [-0.2, 0) is 14.3 Å². The molecule has 3 aromatic rings. The number of aliphatic carboxylic acids is 1. The molecular weight excluding hydrogens is 383 g/mol. The van der Waals surface area contributed by atoms with Crippen LogP contribution in [0.3, 0.4) is 0 Å². The second kappa shape index (κ2) is 10.5. The summed E-state index contributed by atoms with van der Waals surface area (Å²) in [7, 11) is -0.725. The molecule has 0 fully saturated rings. The van der Waals surface area contributed by atoms with Crippen molar-refractivity contribution < 1.29 is 19.4 Å². The number of benzene rings is 3. The second-order valence-corrected chi connectivity index (χ2v) is 10.2. The van der Waals surface area contributed by atoms with Crippen LogP contribution in [0.15, 0.2) is 91.0 Å². The molecule has 1 unspecified atom stereocenters. The maximum Gasteiger partial charge on any atom is 0.347 e. The quantitative estimate of drug-likeness (QED) is 0.480. The summed E-state index contributed by atoms with van der Waals surface area (Å²) in [5.41, 5.74) is -0.273. The molecule has 150 valence electrons. The molecule has 3 rings (SSSR count). The van der Waals surface area contributed by atoms with Crippen LogP contribution in [0.5, 0.6) is 0 Å². The number of hydrogen-bond acceptors (Lipinski definition) is 4. The molecule has 29 heavy (non-hydrogen) atoms. The predicted molar refractivity (Wildman–Crippen MR) is 117 cm³/mol. The zero-order valence-electron chi connectivity index (χ0n) is 16.8. The van der Waals surface area contributed by atoms with Gasteiger partial charge in [0.05, 0.1) is 7.11 Å². The molecule has 0 saturated carbocycles. The zero-order chi connectivity index (χ0) is 21.3. The van der Waals surface area contributed by atoms with Crippen LogP contribution < -0.4 is 21.0 Å². The Morgan fingerprint density at radius 3 is 1.28 bits per heavy atom. The lowest BCUT2D eigenvalue weighted by molar-refractivity contribution is -0.302. The highest BCUT2D eigenvalue weighted by molar-refractivity contribution is 7.96. The van der Waals surface area contributed by atoms with E-state index in [-0.39, 0.29) is 11.6 Å². The third-order valence-corrected chi connectivity index (χ3v) is 9.32. The minimum atomic E-state index is -2.19. The van der Waals surface area contributed by atoms with Crippen molar-refractivity contribution in [3.8, 4) is 0 Å². The Balaban J connectivity index is 0.000000687. The van der Waals surface area contributed by atoms with Crippen molar-refractivity contribution in [2.75, 3.05) is 7.11 Å². The normalized spacial score (nSPS) is 11.6. The topological polar surface area (TPSA) is 66.4 Å². The van der Waals surface area contributed by atoms with Gasteiger partial charge in [0, 0.05) is 5.97 Å². The standard InChI is InChI=1S/C22H22O2P.C2H4O2/c1-18(22(23)24-2)25(19-12-6-3-7-13-19,20-14-8-4-9-15-20)21-16-10-5-11-17-21;1-2(3)4/h3-18H,1-2H3;1H3,(H,3,4)/q+1;/p-1. The fraction of sp³-hybridized carbons (Fsp3) is 0.167. The summed E-state index contributed by atoms with van der Waals surface area (Å²) in [5, 5.41) is 12.4. The van der Waals surface area contributed by atoms with Gasteiger partial charge in [0.1, 0.15) is 23.2 Å². The molecule has 0 spiro atoms. The van der Waals surface area contributed by atoms with Crippen molar-refractivity contribution in [3.63, 3.8) is 0 Å². The smallest absolute Gasteiger partial charge is 0.347 e. The van der Waals surface area contributed by atoms with Gasteiger partial charge >= 0.3 is 5.97 Å². The molecule has 0 aliphatic heterocycles. The number of rotatable bonds is 5. The van der Waals surface area contributed by atoms with Gasteiger partial charge in [-0.2, -0.15) is 0 Å². The molecule has 0 N–H and O–H groups in total. The van der Waals surface area contributed by atoms with Crippen molar-refractivity contribution in [1.29, 1.82) is 0 Å². The summed E-state index contributed by atoms with van der Waals surface area (Å²) in [6, 6.07) is 31.1. The highest BCUT2D eigenvalue weighted by Gasteiger charge is 2.53. The van der Waals surface area contributed by atoms with E-state index < -0.39 is 13.2 Å². The van der Waals surface area contributed by atoms with Gasteiger partial charge in [-0.1, -0.05) is 54.6 Å². The number of esters is 1. The van der Waals surface area contributed by atoms with Crippen molar-refractivity contribution in [3.05, 3.63) is 91.0 Å². The van der Waals surface area contributed by atoms with Crippen molar-refractivity contribution in [2.24, 2.45) is 0 Å². The van der Waals surface area contributed by atoms with Gasteiger partial charge in [0.15, 0.2) is 5.66 Å². The zero-order valence-corrected chi connectivity index (χ0v) is 17.7. The highest BCUT2D eigenvalue weighted by Crippen LogP contribution is 2.59. The molecule has 0 radical (unpaired) electrons. The lowest BCUT2D eigenvalue weighted by Crippen LogP contribution is -2.41. The summed E-state index contributed by atoms with van der Waals surface area (Å²) in [6.07, 6.45) is 0. The number of ether oxygens (including phenoxy) is 1. The van der Waals surface area contributed by atoms with Gasteiger partial charge in [-0.05, 0) is 50.2 Å². The number of carboxylic acids is 1. The first-order chi connectivity index (χ1) is 13.9. The molecule has 0 bridgehead atoms. The SMILES string of the molecule is CC(=O)[O-].COC(=O)C(C)[P+](c1ccccc1)(c1ccccc1)c1ccccc1. The van der Waals surface area contributed by atoms with E-state index >= 15 is 0 Å². The van der Waals surface area contributed by atoms with Crippen LogP contribution in [0.4, 0.5) is 0 Å². The molecule has 0 amide bonds. The van der Waals surface area contributed by atoms with Crippen LogP contribution in [0.2, 0.25) is 0 Å². The van der Waals surface area contributed by atoms with Crippen LogP contribution >= 0.6 is 7.26 Å². The van der Waals surface area contributed by atoms with Gasteiger partial charge in [0.25, 0.3) is 0 Å². The molecule has 1 atom stereocenters. The number of carboxylic acid groups (broad SMARTS) is 1. The molecule has 0 heterocycles. The Labute approximate surface area is 172 Å². The second-order valence-electron chi connectivity index (χ2n) is 6.42. The van der Waals surface area contributed by atoms with E-state index in [0.717, 1.165) is 6.92 Å². The van der Waals surface area contributed by atoms with Crippen LogP contribution in [0.1, 0.15) is 13.8 Å². The van der Waals surface area contributed by atoms with E-state index in [4.69, 9.17) is 14.6 Å². The van der Waals surface area contributed by atoms with E-state index in [9.17, 15) is 4.79 Å². The van der Waals surface area contributed by atoms with E-state index in [1.54, 1.807) is 0 Å². The third-order valence-electron chi connectivity index (χ3n) is 4.61. The van der Waals surface area contributed by atoms with E-state index in [1.165, 1.54) is 23.0 Å². The Hall–Kier alpha value is -2.97. The summed E-state index contributed by atoms with van der Waals surface area (Å²) in [4.78, 5) is 21.6. The molecule has 0 aromatic heterocycles. The van der Waals surface area contributed by atoms with E-state index in [2.05, 4.69) is 36.4 Å². The number of carbonyl (C=O) groups excluding carboxylic acids is 2. The minimum Gasteiger partial charge on any atom is -0.550 e. The molecule has 5 heteroatoms. The van der Waals surface area contributed by atoms with Gasteiger partial charge in [-0.3, -0.25) is 0 Å². The Morgan fingerprint density at radius 2 is 1.03 bits per heavy atom. The summed E-state index contributed by atoms with van der Waals surface area (Å²) in [6.45, 7) is 2.96. The van der Waals surface area contributed by atoms with Gasteiger partial charge in [-0.15, -0.1) is 0 Å². The average Bonchev–Trinajstić information content (AvgIpc) is 2.75. The largest absolute Gasteiger partial charge is 0.550 e. The Bertz CT molecular complexity index is 811. The molecule has 3 aromatic carbocycles. The van der Waals surface area contributed by atoms with E-state index in [0.29, 0.717) is 0 Å². The van der Waals surface area contributed by atoms with Gasteiger partial charge in [-0.25, -0.2) is 4.79 Å². The lowest BCUT2D eigenvalue weighted by atomic mass is 10.3. The fourth-order valence-corrected chi connectivity index (χ4v) is 8.02. The molecular formula is C24H25O4P. The van der Waals surface area contributed by atoms with Crippen LogP contribution in [0, 0.1) is 0 Å². The third kappa shape index (κ3) is 5.10. The van der Waals surface area contributed by atoms with E-state index in [1.807, 2.05) is 61.5 Å². The molecule has 0 aliphatic rings. The Kier molecular flexibility index (Phi) is 8.11. The summed E-state index contributed by atoms with van der Waals surface area (Å²) >= 11 is 0. The number of carbonyl (C=O) groups is 2. The first kappa shape index (κ1) is 22.3.